The number of nitrogens with zero attached hydrogens (tertiary/aromatic N) is 4. The van der Waals surface area contributed by atoms with Gasteiger partial charge in [-0.1, -0.05) is 5.92 Å². The number of carbonyl (C=O) groups is 2. The van der Waals surface area contributed by atoms with E-state index in [0.29, 0.717) is 19.8 Å². The lowest BCUT2D eigenvalue weighted by molar-refractivity contribution is -0.150. The van der Waals surface area contributed by atoms with Gasteiger partial charge in [-0.2, -0.15) is 15.4 Å². The lowest BCUT2D eigenvalue weighted by Crippen LogP contribution is -2.37. The first-order chi connectivity index (χ1) is 15.1. The summed E-state index contributed by atoms with van der Waals surface area (Å²) in [6, 6.07) is 0. The number of ether oxygens (including phenoxy) is 2. The Morgan fingerprint density at radius 3 is 1.97 bits per heavy atom. The quantitative estimate of drug-likeness (QED) is 0.510. The summed E-state index contributed by atoms with van der Waals surface area (Å²) in [5, 5.41) is 10.4. The van der Waals surface area contributed by atoms with Gasteiger partial charge in [0.1, 0.15) is 0 Å². The minimum atomic E-state index is -0.0483. The Morgan fingerprint density at radius 1 is 1.03 bits per heavy atom. The van der Waals surface area contributed by atoms with Gasteiger partial charge in [-0.25, -0.2) is 0 Å². The number of H-pyrrole nitrogens is 1. The first-order valence-corrected chi connectivity index (χ1v) is 11.1. The molecule has 0 spiro atoms. The number of hydrogen-bond acceptors (Lipinski definition) is 8. The van der Waals surface area contributed by atoms with Crippen LogP contribution in [0.5, 0.6) is 0 Å². The van der Waals surface area contributed by atoms with Crippen LogP contribution >= 0.6 is 0 Å². The first-order valence-electron chi connectivity index (χ1n) is 11.1. The minimum absolute atomic E-state index is 0.0476. The van der Waals surface area contributed by atoms with E-state index < -0.39 is 0 Å². The SMILES string of the molecule is C#CCN1CCC(C(=O)OCC)CC1.CCOC(=O)C1CCN(Cc2cn[nH]n2)CC1. The molecule has 0 amide bonds. The number of terminal acetylenes is 1. The van der Waals surface area contributed by atoms with Crippen LogP contribution in [-0.2, 0) is 25.6 Å². The van der Waals surface area contributed by atoms with E-state index in [4.69, 9.17) is 15.9 Å². The molecular weight excluding hydrogens is 398 g/mol. The molecule has 1 aromatic rings. The molecule has 1 N–H and O–H groups in total. The van der Waals surface area contributed by atoms with Crippen molar-refractivity contribution in [2.45, 2.75) is 46.1 Å². The van der Waals surface area contributed by atoms with Gasteiger partial charge >= 0.3 is 11.9 Å². The van der Waals surface area contributed by atoms with Gasteiger partial charge in [0.25, 0.3) is 0 Å². The number of rotatable bonds is 7. The molecule has 0 aromatic carbocycles. The minimum Gasteiger partial charge on any atom is -0.466 e. The van der Waals surface area contributed by atoms with Crippen molar-refractivity contribution >= 4 is 11.9 Å². The fourth-order valence-electron chi connectivity index (χ4n) is 3.83. The summed E-state index contributed by atoms with van der Waals surface area (Å²) in [5.74, 6) is 2.68. The third kappa shape index (κ3) is 8.67. The predicted octanol–water partition coefficient (Wildman–Crippen LogP) is 1.47. The molecule has 0 unspecified atom stereocenters. The van der Waals surface area contributed by atoms with Gasteiger partial charge in [-0.15, -0.1) is 6.42 Å². The molecule has 0 radical (unpaired) electrons. The molecule has 0 aliphatic carbocycles. The van der Waals surface area contributed by atoms with Gasteiger partial charge in [-0.05, 0) is 65.7 Å². The Labute approximate surface area is 184 Å². The number of aromatic nitrogens is 3. The molecule has 172 valence electrons. The van der Waals surface area contributed by atoms with Crippen LogP contribution in [0.15, 0.2) is 6.20 Å². The summed E-state index contributed by atoms with van der Waals surface area (Å²) in [6.07, 6.45) is 10.4. The van der Waals surface area contributed by atoms with Crippen molar-refractivity contribution in [3.8, 4) is 12.3 Å². The largest absolute Gasteiger partial charge is 0.466 e. The highest BCUT2D eigenvalue weighted by Gasteiger charge is 2.26. The van der Waals surface area contributed by atoms with Gasteiger partial charge < -0.3 is 9.47 Å². The van der Waals surface area contributed by atoms with E-state index >= 15 is 0 Å². The third-order valence-corrected chi connectivity index (χ3v) is 5.58. The summed E-state index contributed by atoms with van der Waals surface area (Å²) in [4.78, 5) is 27.4. The Hall–Kier alpha value is -2.44. The van der Waals surface area contributed by atoms with Crippen LogP contribution in [0.1, 0.15) is 45.2 Å². The van der Waals surface area contributed by atoms with E-state index in [0.717, 1.165) is 64.1 Å². The molecule has 0 bridgehead atoms. The molecule has 3 rings (SSSR count). The molecule has 2 saturated heterocycles. The molecule has 2 aliphatic heterocycles. The van der Waals surface area contributed by atoms with Gasteiger partial charge in [0.05, 0.1) is 43.5 Å². The van der Waals surface area contributed by atoms with Crippen molar-refractivity contribution in [3.05, 3.63) is 11.9 Å². The zero-order valence-electron chi connectivity index (χ0n) is 18.7. The molecule has 0 atom stereocenters. The fraction of sp³-hybridized carbons (Fsp3) is 0.727. The molecule has 3 heterocycles. The fourth-order valence-corrected chi connectivity index (χ4v) is 3.83. The maximum atomic E-state index is 11.6. The standard InChI is InChI=1S/C11H18N4O2.C11H17NO2/c1-2-17-11(16)9-3-5-15(6-4-9)8-10-7-12-14-13-10;1-3-7-12-8-5-10(6-9-12)11(13)14-4-2/h7,9H,2-6,8H2,1H3,(H,12,13,14);1,10H,4-9H2,2H3. The first kappa shape index (κ1) is 24.8. The molecule has 0 saturated carbocycles. The van der Waals surface area contributed by atoms with Crippen molar-refractivity contribution in [1.82, 2.24) is 25.2 Å². The lowest BCUT2D eigenvalue weighted by atomic mass is 9.97. The Kier molecular flexibility index (Phi) is 11.0. The zero-order valence-corrected chi connectivity index (χ0v) is 18.7. The monoisotopic (exact) mass is 433 g/mol. The Balaban J connectivity index is 0.000000225. The smallest absolute Gasteiger partial charge is 0.309 e. The maximum Gasteiger partial charge on any atom is 0.309 e. The second-order valence-corrected chi connectivity index (χ2v) is 7.77. The van der Waals surface area contributed by atoms with E-state index in [9.17, 15) is 9.59 Å². The number of carbonyl (C=O) groups excluding carboxylic acids is 2. The van der Waals surface area contributed by atoms with Crippen LogP contribution in [0.2, 0.25) is 0 Å². The number of piperidine rings is 2. The molecule has 1 aromatic heterocycles. The van der Waals surface area contributed by atoms with Crippen LogP contribution in [-0.4, -0.2) is 83.1 Å². The van der Waals surface area contributed by atoms with Crippen molar-refractivity contribution in [2.24, 2.45) is 11.8 Å². The van der Waals surface area contributed by atoms with Crippen LogP contribution in [0.4, 0.5) is 0 Å². The van der Waals surface area contributed by atoms with Crippen molar-refractivity contribution in [1.29, 1.82) is 0 Å². The molecule has 2 fully saturated rings. The van der Waals surface area contributed by atoms with E-state index in [1.54, 1.807) is 6.20 Å². The number of aromatic amines is 1. The second-order valence-electron chi connectivity index (χ2n) is 7.77. The Bertz CT molecular complexity index is 687. The number of likely N-dealkylation sites (tertiary alicyclic amines) is 2. The highest BCUT2D eigenvalue weighted by Crippen LogP contribution is 2.20. The van der Waals surface area contributed by atoms with Crippen molar-refractivity contribution in [3.63, 3.8) is 0 Å². The topological polar surface area (TPSA) is 101 Å². The van der Waals surface area contributed by atoms with Crippen LogP contribution in [0.3, 0.4) is 0 Å². The summed E-state index contributed by atoms with van der Waals surface area (Å²) in [7, 11) is 0. The van der Waals surface area contributed by atoms with Gasteiger partial charge in [-0.3, -0.25) is 19.4 Å². The normalized spacial score (nSPS) is 18.5. The third-order valence-electron chi connectivity index (χ3n) is 5.58. The zero-order chi connectivity index (χ0) is 22.5. The highest BCUT2D eigenvalue weighted by atomic mass is 16.5. The molecule has 9 heteroatoms. The predicted molar refractivity (Wildman–Crippen MR) is 116 cm³/mol. The number of esters is 2. The van der Waals surface area contributed by atoms with E-state index in [2.05, 4.69) is 31.1 Å². The Morgan fingerprint density at radius 2 is 1.55 bits per heavy atom. The summed E-state index contributed by atoms with van der Waals surface area (Å²) in [6.45, 7) is 9.76. The number of nitrogens with one attached hydrogen (secondary N) is 1. The van der Waals surface area contributed by atoms with Crippen molar-refractivity contribution in [2.75, 3.05) is 45.9 Å². The average molecular weight is 434 g/mol. The molecule has 2 aliphatic rings. The number of hydrogen-bond donors (Lipinski definition) is 1. The van der Waals surface area contributed by atoms with E-state index in [1.807, 2.05) is 13.8 Å². The van der Waals surface area contributed by atoms with E-state index in [-0.39, 0.29) is 23.8 Å². The van der Waals surface area contributed by atoms with Crippen LogP contribution in [0.25, 0.3) is 0 Å². The highest BCUT2D eigenvalue weighted by molar-refractivity contribution is 5.72. The van der Waals surface area contributed by atoms with Crippen molar-refractivity contribution < 1.29 is 19.1 Å². The summed E-state index contributed by atoms with van der Waals surface area (Å²) in [5.41, 5.74) is 0.944. The van der Waals surface area contributed by atoms with Gasteiger partial charge in [0.15, 0.2) is 0 Å². The lowest BCUT2D eigenvalue weighted by Gasteiger charge is -2.29. The van der Waals surface area contributed by atoms with E-state index in [1.165, 1.54) is 0 Å². The van der Waals surface area contributed by atoms with Crippen LogP contribution < -0.4 is 0 Å². The summed E-state index contributed by atoms with van der Waals surface area (Å²) < 4.78 is 10.0. The molecular formula is C22H35N5O4. The maximum absolute atomic E-state index is 11.6. The van der Waals surface area contributed by atoms with Gasteiger partial charge in [0.2, 0.25) is 0 Å². The molecule has 31 heavy (non-hydrogen) atoms. The van der Waals surface area contributed by atoms with Crippen LogP contribution in [0, 0.1) is 24.2 Å². The average Bonchev–Trinajstić information content (AvgIpc) is 3.29. The second kappa shape index (κ2) is 13.8. The van der Waals surface area contributed by atoms with Gasteiger partial charge in [0, 0.05) is 6.54 Å². The summed E-state index contributed by atoms with van der Waals surface area (Å²) >= 11 is 0. The molecule has 9 nitrogen and oxygen atoms in total.